The van der Waals surface area contributed by atoms with Crippen LogP contribution in [0.25, 0.3) is 11.5 Å². The second-order valence-electron chi connectivity index (χ2n) is 6.47. The molecule has 0 saturated carbocycles. The molecule has 31 heavy (non-hydrogen) atoms. The number of rotatable bonds is 9. The summed E-state index contributed by atoms with van der Waals surface area (Å²) in [5.41, 5.74) is -0.0351. The lowest BCUT2D eigenvalue weighted by Gasteiger charge is -2.09. The number of aromatic nitrogens is 2. The summed E-state index contributed by atoms with van der Waals surface area (Å²) in [5, 5.41) is 2.80. The van der Waals surface area contributed by atoms with E-state index in [4.69, 9.17) is 9.15 Å². The van der Waals surface area contributed by atoms with Crippen LogP contribution in [0.2, 0.25) is 0 Å². The third kappa shape index (κ3) is 6.74. The summed E-state index contributed by atoms with van der Waals surface area (Å²) in [5.74, 6) is 1.22. The number of methoxy groups -OCH3 is 1. The fourth-order valence-electron chi connectivity index (χ4n) is 2.61. The Bertz CT molecular complexity index is 993. The number of carbonyl (C=O) groups excluding carboxylic acids is 1. The summed E-state index contributed by atoms with van der Waals surface area (Å²) in [6, 6.07) is 11.3. The van der Waals surface area contributed by atoms with Crippen LogP contribution in [-0.2, 0) is 17.5 Å². The van der Waals surface area contributed by atoms with Crippen LogP contribution >= 0.6 is 11.8 Å². The van der Waals surface area contributed by atoms with Crippen molar-refractivity contribution >= 4 is 17.7 Å². The van der Waals surface area contributed by atoms with Gasteiger partial charge in [-0.1, -0.05) is 23.9 Å². The first kappa shape index (κ1) is 22.7. The van der Waals surface area contributed by atoms with Crippen molar-refractivity contribution in [2.24, 2.45) is 0 Å². The molecule has 1 N–H and O–H groups in total. The van der Waals surface area contributed by atoms with Crippen molar-refractivity contribution in [3.05, 3.63) is 60.0 Å². The van der Waals surface area contributed by atoms with E-state index in [1.807, 2.05) is 24.3 Å². The number of ether oxygens (including phenoxy) is 1. The Balaban J connectivity index is 1.50. The van der Waals surface area contributed by atoms with Crippen LogP contribution in [0, 0.1) is 0 Å². The Kier molecular flexibility index (Phi) is 7.56. The van der Waals surface area contributed by atoms with Crippen molar-refractivity contribution in [3.8, 4) is 17.2 Å². The number of alkyl halides is 3. The van der Waals surface area contributed by atoms with Crippen molar-refractivity contribution in [2.75, 3.05) is 12.9 Å². The number of hydrogen-bond acceptors (Lipinski definition) is 6. The minimum atomic E-state index is -4.60. The molecule has 1 amide bonds. The maximum Gasteiger partial charge on any atom is 0.433 e. The first-order valence-electron chi connectivity index (χ1n) is 9.38. The summed E-state index contributed by atoms with van der Waals surface area (Å²) in [6.07, 6.45) is -2.52. The third-order valence-electron chi connectivity index (χ3n) is 4.20. The van der Waals surface area contributed by atoms with Crippen LogP contribution in [0.3, 0.4) is 0 Å². The fourth-order valence-corrected chi connectivity index (χ4v) is 3.41. The molecule has 0 fully saturated rings. The highest BCUT2D eigenvalue weighted by atomic mass is 32.2. The molecule has 10 heteroatoms. The topological polar surface area (TPSA) is 77.2 Å². The molecular weight excluding hydrogens is 431 g/mol. The first-order valence-corrected chi connectivity index (χ1v) is 10.4. The van der Waals surface area contributed by atoms with E-state index in [1.54, 1.807) is 13.2 Å². The number of halogens is 3. The predicted octanol–water partition coefficient (Wildman–Crippen LogP) is 4.95. The van der Waals surface area contributed by atoms with Crippen LogP contribution in [0.4, 0.5) is 13.2 Å². The van der Waals surface area contributed by atoms with Crippen LogP contribution in [-0.4, -0.2) is 28.7 Å². The standard InChI is InChI=1S/C21H20F3N3O3S/c1-29-15-8-6-14(7-9-15)13-25-19(28)5-3-11-31-20-26-16(17-4-2-10-30-17)12-18(27-20)21(22,23)24/h2,4,6-10,12H,3,5,11,13H2,1H3,(H,25,28). The molecule has 1 aromatic carbocycles. The molecular formula is C21H20F3N3O3S. The van der Waals surface area contributed by atoms with E-state index < -0.39 is 11.9 Å². The van der Waals surface area contributed by atoms with E-state index >= 15 is 0 Å². The molecule has 0 aliphatic carbocycles. The first-order chi connectivity index (χ1) is 14.8. The molecule has 0 atom stereocenters. The Labute approximate surface area is 181 Å². The number of carbonyl (C=O) groups is 1. The van der Waals surface area contributed by atoms with Crippen molar-refractivity contribution < 1.29 is 27.1 Å². The van der Waals surface area contributed by atoms with Crippen molar-refractivity contribution in [1.82, 2.24) is 15.3 Å². The zero-order valence-corrected chi connectivity index (χ0v) is 17.4. The van der Waals surface area contributed by atoms with Gasteiger partial charge in [0.1, 0.15) is 17.1 Å². The predicted molar refractivity (Wildman–Crippen MR) is 110 cm³/mol. The van der Waals surface area contributed by atoms with Gasteiger partial charge in [-0.05, 0) is 42.3 Å². The lowest BCUT2D eigenvalue weighted by molar-refractivity contribution is -0.141. The summed E-state index contributed by atoms with van der Waals surface area (Å²) < 4.78 is 49.7. The summed E-state index contributed by atoms with van der Waals surface area (Å²) in [6.45, 7) is 0.388. The van der Waals surface area contributed by atoms with Gasteiger partial charge in [0, 0.05) is 18.7 Å². The second-order valence-corrected chi connectivity index (χ2v) is 7.53. The number of hydrogen-bond donors (Lipinski definition) is 1. The molecule has 0 spiro atoms. The minimum Gasteiger partial charge on any atom is -0.497 e. The van der Waals surface area contributed by atoms with Gasteiger partial charge in [0.2, 0.25) is 5.91 Å². The maximum absolute atomic E-state index is 13.2. The van der Waals surface area contributed by atoms with Crippen molar-refractivity contribution in [3.63, 3.8) is 0 Å². The Hall–Kier alpha value is -3.01. The van der Waals surface area contributed by atoms with Crippen molar-refractivity contribution in [2.45, 2.75) is 30.7 Å². The van der Waals surface area contributed by atoms with E-state index in [2.05, 4.69) is 15.3 Å². The van der Waals surface area contributed by atoms with Gasteiger partial charge in [-0.15, -0.1) is 0 Å². The lowest BCUT2D eigenvalue weighted by Crippen LogP contribution is -2.22. The molecule has 3 rings (SSSR count). The summed E-state index contributed by atoms with van der Waals surface area (Å²) >= 11 is 1.06. The highest BCUT2D eigenvalue weighted by Gasteiger charge is 2.34. The molecule has 0 aliphatic rings. The average molecular weight is 451 g/mol. The number of amides is 1. The van der Waals surface area contributed by atoms with Crippen LogP contribution in [0.5, 0.6) is 5.75 Å². The number of thioether (sulfide) groups is 1. The lowest BCUT2D eigenvalue weighted by atomic mass is 10.2. The molecule has 0 bridgehead atoms. The summed E-state index contributed by atoms with van der Waals surface area (Å²) in [7, 11) is 1.58. The largest absolute Gasteiger partial charge is 0.497 e. The molecule has 0 radical (unpaired) electrons. The number of benzene rings is 1. The molecule has 3 aromatic rings. The number of nitrogens with one attached hydrogen (secondary N) is 1. The van der Waals surface area contributed by atoms with E-state index in [0.717, 1.165) is 29.1 Å². The van der Waals surface area contributed by atoms with Crippen molar-refractivity contribution in [1.29, 1.82) is 0 Å². The highest BCUT2D eigenvalue weighted by molar-refractivity contribution is 7.99. The van der Waals surface area contributed by atoms with Gasteiger partial charge in [-0.2, -0.15) is 13.2 Å². The van der Waals surface area contributed by atoms with Crippen LogP contribution < -0.4 is 10.1 Å². The molecule has 6 nitrogen and oxygen atoms in total. The number of furan rings is 1. The normalized spacial score (nSPS) is 11.4. The van der Waals surface area contributed by atoms with Gasteiger partial charge in [-0.3, -0.25) is 4.79 Å². The van der Waals surface area contributed by atoms with E-state index in [0.29, 0.717) is 18.7 Å². The van der Waals surface area contributed by atoms with Gasteiger partial charge in [0.25, 0.3) is 0 Å². The number of nitrogens with zero attached hydrogens (tertiary/aromatic N) is 2. The molecule has 2 aromatic heterocycles. The summed E-state index contributed by atoms with van der Waals surface area (Å²) in [4.78, 5) is 19.7. The Morgan fingerprint density at radius 3 is 2.61 bits per heavy atom. The van der Waals surface area contributed by atoms with Gasteiger partial charge in [-0.25, -0.2) is 9.97 Å². The average Bonchev–Trinajstić information content (AvgIpc) is 3.30. The maximum atomic E-state index is 13.2. The van der Waals surface area contributed by atoms with E-state index in [-0.39, 0.29) is 28.9 Å². The second kappa shape index (κ2) is 10.3. The van der Waals surface area contributed by atoms with Gasteiger partial charge < -0.3 is 14.5 Å². The van der Waals surface area contributed by atoms with E-state index in [9.17, 15) is 18.0 Å². The molecule has 164 valence electrons. The zero-order valence-electron chi connectivity index (χ0n) is 16.6. The van der Waals surface area contributed by atoms with Gasteiger partial charge >= 0.3 is 6.18 Å². The smallest absolute Gasteiger partial charge is 0.433 e. The van der Waals surface area contributed by atoms with Crippen LogP contribution in [0.1, 0.15) is 24.1 Å². The minimum absolute atomic E-state index is 0.0140. The monoisotopic (exact) mass is 451 g/mol. The quantitative estimate of drug-likeness (QED) is 0.282. The Morgan fingerprint density at radius 1 is 1.19 bits per heavy atom. The van der Waals surface area contributed by atoms with Crippen LogP contribution in [0.15, 0.2) is 58.3 Å². The third-order valence-corrected chi connectivity index (χ3v) is 5.13. The Morgan fingerprint density at radius 2 is 1.97 bits per heavy atom. The highest BCUT2D eigenvalue weighted by Crippen LogP contribution is 2.32. The fraction of sp³-hybridized carbons (Fsp3) is 0.286. The molecule has 0 aliphatic heterocycles. The van der Waals surface area contributed by atoms with Gasteiger partial charge in [0.05, 0.1) is 13.4 Å². The zero-order chi connectivity index (χ0) is 22.3. The van der Waals surface area contributed by atoms with E-state index in [1.165, 1.54) is 12.3 Å². The molecule has 0 saturated heterocycles. The SMILES string of the molecule is COc1ccc(CNC(=O)CCCSc2nc(-c3ccco3)cc(C(F)(F)F)n2)cc1. The molecule has 0 unspecified atom stereocenters. The molecule has 2 heterocycles. The van der Waals surface area contributed by atoms with Gasteiger partial charge in [0.15, 0.2) is 10.9 Å².